The fourth-order valence-corrected chi connectivity index (χ4v) is 7.26. The fourth-order valence-electron chi connectivity index (χ4n) is 7.26. The molecule has 0 heteroatoms. The first kappa shape index (κ1) is 30.4. The monoisotopic (exact) mass is 534 g/mol. The largest absolute Gasteiger partial charge is 0.0995 e. The van der Waals surface area contributed by atoms with Crippen molar-refractivity contribution in [2.24, 2.45) is 23.7 Å². The lowest BCUT2D eigenvalue weighted by molar-refractivity contribution is 0.371. The summed E-state index contributed by atoms with van der Waals surface area (Å²) in [5.74, 6) is 2.65. The molecule has 4 atom stereocenters. The third-order valence-electron chi connectivity index (χ3n) is 10.3. The Morgan fingerprint density at radius 3 is 2.45 bits per heavy atom. The van der Waals surface area contributed by atoms with E-state index in [9.17, 15) is 0 Å². The van der Waals surface area contributed by atoms with Crippen molar-refractivity contribution in [2.75, 3.05) is 0 Å². The molecule has 0 aliphatic heterocycles. The van der Waals surface area contributed by atoms with Gasteiger partial charge >= 0.3 is 0 Å². The highest BCUT2D eigenvalue weighted by Crippen LogP contribution is 2.47. The van der Waals surface area contributed by atoms with Crippen molar-refractivity contribution in [1.29, 1.82) is 0 Å². The second-order valence-electron chi connectivity index (χ2n) is 13.4. The molecule has 0 saturated heterocycles. The highest BCUT2D eigenvalue weighted by atomic mass is 14.4. The summed E-state index contributed by atoms with van der Waals surface area (Å²) in [7, 11) is 0. The lowest BCUT2D eigenvalue weighted by Crippen LogP contribution is -2.20. The van der Waals surface area contributed by atoms with E-state index < -0.39 is 0 Å². The molecule has 0 nitrogen and oxygen atoms in total. The zero-order chi connectivity index (χ0) is 29.0. The second kappa shape index (κ2) is 13.4. The first-order valence-electron chi connectivity index (χ1n) is 16.0. The van der Waals surface area contributed by atoms with Gasteiger partial charge in [0.25, 0.3) is 0 Å². The van der Waals surface area contributed by atoms with E-state index in [0.29, 0.717) is 11.8 Å². The van der Waals surface area contributed by atoms with Gasteiger partial charge in [-0.1, -0.05) is 107 Å². The summed E-state index contributed by atoms with van der Waals surface area (Å²) < 4.78 is 0. The van der Waals surface area contributed by atoms with Crippen LogP contribution in [-0.4, -0.2) is 0 Å². The topological polar surface area (TPSA) is 0 Å². The SMILES string of the molecule is C=C1CCC(C2Cc3ccc(CCC(=C)Cc4cc(C)c(C)c(CC(CC)CC(C)CC)c4)cc3C2=C)C(=C)C1. The van der Waals surface area contributed by atoms with Crippen molar-refractivity contribution in [3.05, 3.63) is 112 Å². The highest BCUT2D eigenvalue weighted by molar-refractivity contribution is 5.74. The van der Waals surface area contributed by atoms with Crippen LogP contribution in [0.25, 0.3) is 5.57 Å². The lowest BCUT2D eigenvalue weighted by atomic mass is 9.73. The Hall–Kier alpha value is -2.60. The van der Waals surface area contributed by atoms with Crippen LogP contribution in [0.1, 0.15) is 105 Å². The van der Waals surface area contributed by atoms with Crippen LogP contribution in [0.15, 0.2) is 73.4 Å². The Morgan fingerprint density at radius 1 is 0.975 bits per heavy atom. The molecule has 0 radical (unpaired) electrons. The zero-order valence-corrected chi connectivity index (χ0v) is 26.3. The third-order valence-corrected chi connectivity index (χ3v) is 10.3. The van der Waals surface area contributed by atoms with Gasteiger partial charge in [0.05, 0.1) is 0 Å². The summed E-state index contributed by atoms with van der Waals surface area (Å²) >= 11 is 0. The molecule has 214 valence electrons. The Labute approximate surface area is 246 Å². The first-order chi connectivity index (χ1) is 19.1. The quantitative estimate of drug-likeness (QED) is 0.238. The molecular weight excluding hydrogens is 480 g/mol. The number of benzene rings is 2. The minimum Gasteiger partial charge on any atom is -0.0995 e. The van der Waals surface area contributed by atoms with Gasteiger partial charge in [0.2, 0.25) is 0 Å². The molecule has 0 amide bonds. The van der Waals surface area contributed by atoms with Gasteiger partial charge < -0.3 is 0 Å². The molecule has 2 aliphatic carbocycles. The van der Waals surface area contributed by atoms with E-state index >= 15 is 0 Å². The van der Waals surface area contributed by atoms with Crippen LogP contribution in [0.3, 0.4) is 0 Å². The van der Waals surface area contributed by atoms with Gasteiger partial charge in [-0.2, -0.15) is 0 Å². The first-order valence-corrected chi connectivity index (χ1v) is 16.0. The van der Waals surface area contributed by atoms with Crippen LogP contribution < -0.4 is 0 Å². The molecule has 2 aliphatic rings. The maximum atomic E-state index is 4.59. The maximum absolute atomic E-state index is 4.59. The van der Waals surface area contributed by atoms with E-state index in [-0.39, 0.29) is 0 Å². The van der Waals surface area contributed by atoms with Gasteiger partial charge in [-0.05, 0) is 140 Å². The number of fused-ring (bicyclic) bond motifs is 1. The van der Waals surface area contributed by atoms with Gasteiger partial charge in [0.1, 0.15) is 0 Å². The zero-order valence-electron chi connectivity index (χ0n) is 26.3. The van der Waals surface area contributed by atoms with Crippen LogP contribution in [0.4, 0.5) is 0 Å². The molecule has 2 aromatic carbocycles. The molecule has 0 bridgehead atoms. The average Bonchev–Trinajstić information content (AvgIpc) is 3.24. The molecule has 0 N–H and O–H groups in total. The number of hydrogen-bond donors (Lipinski definition) is 0. The highest BCUT2D eigenvalue weighted by Gasteiger charge is 2.34. The van der Waals surface area contributed by atoms with Crippen LogP contribution >= 0.6 is 0 Å². The van der Waals surface area contributed by atoms with E-state index in [4.69, 9.17) is 0 Å². The van der Waals surface area contributed by atoms with Gasteiger partial charge in [-0.3, -0.25) is 0 Å². The van der Waals surface area contributed by atoms with Crippen molar-refractivity contribution < 1.29 is 0 Å². The summed E-state index contributed by atoms with van der Waals surface area (Å²) in [4.78, 5) is 0. The van der Waals surface area contributed by atoms with Crippen LogP contribution in [0.5, 0.6) is 0 Å². The summed E-state index contributed by atoms with van der Waals surface area (Å²) in [6, 6.07) is 12.0. The fraction of sp³-hybridized carbons (Fsp3) is 0.500. The predicted octanol–water partition coefficient (Wildman–Crippen LogP) is 11.1. The summed E-state index contributed by atoms with van der Waals surface area (Å²) in [6.07, 6.45) is 12.6. The third kappa shape index (κ3) is 7.18. The van der Waals surface area contributed by atoms with Gasteiger partial charge in [-0.25, -0.2) is 0 Å². The molecule has 4 rings (SSSR count). The van der Waals surface area contributed by atoms with E-state index in [2.05, 4.69) is 91.3 Å². The number of hydrogen-bond acceptors (Lipinski definition) is 0. The minimum atomic E-state index is 0.511. The van der Waals surface area contributed by atoms with Crippen molar-refractivity contribution in [1.82, 2.24) is 0 Å². The van der Waals surface area contributed by atoms with E-state index in [0.717, 1.165) is 50.4 Å². The maximum Gasteiger partial charge on any atom is -0.00554 e. The molecule has 4 unspecified atom stereocenters. The second-order valence-corrected chi connectivity index (χ2v) is 13.4. The summed E-state index contributed by atoms with van der Waals surface area (Å²) in [5.41, 5.74) is 15.5. The summed E-state index contributed by atoms with van der Waals surface area (Å²) in [6.45, 7) is 29.4. The minimum absolute atomic E-state index is 0.511. The molecule has 0 spiro atoms. The van der Waals surface area contributed by atoms with Crippen LogP contribution in [0, 0.1) is 37.5 Å². The normalized spacial score (nSPS) is 20.5. The number of aryl methyl sites for hydroxylation is 2. The smallest absolute Gasteiger partial charge is 0.00554 e. The Balaban J connectivity index is 1.37. The molecule has 2 aromatic rings. The Kier molecular flexibility index (Phi) is 10.2. The van der Waals surface area contributed by atoms with Crippen molar-refractivity contribution in [3.8, 4) is 0 Å². The molecule has 40 heavy (non-hydrogen) atoms. The van der Waals surface area contributed by atoms with Crippen molar-refractivity contribution >= 4 is 5.57 Å². The Bertz CT molecular complexity index is 1270. The number of rotatable bonds is 12. The van der Waals surface area contributed by atoms with Gasteiger partial charge in [0, 0.05) is 0 Å². The molecule has 0 heterocycles. The molecule has 0 aromatic heterocycles. The average molecular weight is 535 g/mol. The van der Waals surface area contributed by atoms with Crippen molar-refractivity contribution in [2.45, 2.75) is 105 Å². The van der Waals surface area contributed by atoms with Gasteiger partial charge in [-0.15, -0.1) is 0 Å². The van der Waals surface area contributed by atoms with E-state index in [1.165, 1.54) is 87.8 Å². The lowest BCUT2D eigenvalue weighted by Gasteiger charge is -2.31. The summed E-state index contributed by atoms with van der Waals surface area (Å²) in [5, 5.41) is 0. The predicted molar refractivity (Wildman–Crippen MR) is 177 cm³/mol. The van der Waals surface area contributed by atoms with E-state index in [1.807, 2.05) is 0 Å². The molecular formula is C40H54. The number of allylic oxidation sites excluding steroid dienone is 4. The standard InChI is InChI=1S/C40H54/c1-10-26(3)19-33(11-2)22-37-23-35(21-29(6)31(37)8)20-28(5)12-14-34-15-16-36-25-40(32(9)39(36)24-34)38-17-13-27(4)18-30(38)7/h15-16,21,23-24,26,33,38,40H,4-5,7,9-14,17-20,22,25H2,1-3,6,8H3. The molecule has 1 fully saturated rings. The van der Waals surface area contributed by atoms with Crippen molar-refractivity contribution in [3.63, 3.8) is 0 Å². The van der Waals surface area contributed by atoms with Crippen LogP contribution in [0.2, 0.25) is 0 Å². The van der Waals surface area contributed by atoms with Gasteiger partial charge in [0.15, 0.2) is 0 Å². The van der Waals surface area contributed by atoms with E-state index in [1.54, 1.807) is 5.56 Å². The Morgan fingerprint density at radius 2 is 1.75 bits per heavy atom. The van der Waals surface area contributed by atoms with Crippen LogP contribution in [-0.2, 0) is 25.7 Å². The molecule has 1 saturated carbocycles.